The van der Waals surface area contributed by atoms with Gasteiger partial charge in [0.15, 0.2) is 0 Å². The number of aryl methyl sites for hydroxylation is 1. The highest BCUT2D eigenvalue weighted by atomic mass is 16.6. The molecule has 1 N–H and O–H groups in total. The molecule has 0 radical (unpaired) electrons. The maximum atomic E-state index is 10.9. The third-order valence-electron chi connectivity index (χ3n) is 2.72. The predicted octanol–water partition coefficient (Wildman–Crippen LogP) is 2.13. The lowest BCUT2D eigenvalue weighted by Crippen LogP contribution is -1.99. The SMILES string of the molecule is Cc1nc([N+](=O)[O-])c(Oc2cccc(C(=O)O)c2)n1C. The van der Waals surface area contributed by atoms with E-state index in [0.29, 0.717) is 5.82 Å². The summed E-state index contributed by atoms with van der Waals surface area (Å²) in [5.41, 5.74) is 0.0315. The highest BCUT2D eigenvalue weighted by molar-refractivity contribution is 5.88. The Morgan fingerprint density at radius 1 is 1.50 bits per heavy atom. The predicted molar refractivity (Wildman–Crippen MR) is 68.1 cm³/mol. The number of imidazole rings is 1. The van der Waals surface area contributed by atoms with E-state index in [9.17, 15) is 14.9 Å². The summed E-state index contributed by atoms with van der Waals surface area (Å²) in [7, 11) is 1.58. The van der Waals surface area contributed by atoms with Gasteiger partial charge in [-0.1, -0.05) is 6.07 Å². The fourth-order valence-corrected chi connectivity index (χ4v) is 1.61. The summed E-state index contributed by atoms with van der Waals surface area (Å²) in [6, 6.07) is 5.69. The lowest BCUT2D eigenvalue weighted by Gasteiger charge is -2.06. The van der Waals surface area contributed by atoms with Gasteiger partial charge in [-0.05, 0) is 28.1 Å². The minimum Gasteiger partial charge on any atom is -0.478 e. The normalized spacial score (nSPS) is 10.3. The summed E-state index contributed by atoms with van der Waals surface area (Å²) < 4.78 is 6.83. The van der Waals surface area contributed by atoms with Crippen LogP contribution in [0.5, 0.6) is 11.6 Å². The second-order valence-electron chi connectivity index (χ2n) is 4.04. The van der Waals surface area contributed by atoms with Gasteiger partial charge in [-0.15, -0.1) is 0 Å². The van der Waals surface area contributed by atoms with E-state index in [1.54, 1.807) is 14.0 Å². The molecule has 0 saturated heterocycles. The van der Waals surface area contributed by atoms with Crippen molar-refractivity contribution >= 4 is 11.8 Å². The van der Waals surface area contributed by atoms with Crippen molar-refractivity contribution in [2.75, 3.05) is 0 Å². The zero-order valence-electron chi connectivity index (χ0n) is 10.7. The van der Waals surface area contributed by atoms with Crippen LogP contribution in [-0.2, 0) is 7.05 Å². The molecular weight excluding hydrogens is 266 g/mol. The fraction of sp³-hybridized carbons (Fsp3) is 0.167. The number of nitrogens with zero attached hydrogens (tertiary/aromatic N) is 3. The van der Waals surface area contributed by atoms with Gasteiger partial charge in [-0.3, -0.25) is 4.57 Å². The molecular formula is C12H11N3O5. The molecule has 0 aliphatic rings. The summed E-state index contributed by atoms with van der Waals surface area (Å²) in [6.07, 6.45) is 0. The minimum absolute atomic E-state index is 0.0315. The van der Waals surface area contributed by atoms with Crippen LogP contribution in [0.1, 0.15) is 16.2 Å². The maximum Gasteiger partial charge on any atom is 0.427 e. The third kappa shape index (κ3) is 2.44. The molecule has 1 aromatic heterocycles. The number of hydrogen-bond donors (Lipinski definition) is 1. The minimum atomic E-state index is -1.11. The van der Waals surface area contributed by atoms with E-state index in [1.165, 1.54) is 28.8 Å². The Morgan fingerprint density at radius 2 is 2.20 bits per heavy atom. The number of aromatic carboxylic acids is 1. The van der Waals surface area contributed by atoms with Crippen LogP contribution < -0.4 is 4.74 Å². The summed E-state index contributed by atoms with van der Waals surface area (Å²) in [5, 5.41) is 19.8. The molecule has 0 spiro atoms. The Morgan fingerprint density at radius 3 is 2.80 bits per heavy atom. The average molecular weight is 277 g/mol. The van der Waals surface area contributed by atoms with E-state index < -0.39 is 16.7 Å². The van der Waals surface area contributed by atoms with E-state index in [2.05, 4.69) is 4.98 Å². The highest BCUT2D eigenvalue weighted by Crippen LogP contribution is 2.31. The summed E-state index contributed by atoms with van der Waals surface area (Å²) in [6.45, 7) is 1.60. The topological polar surface area (TPSA) is 107 Å². The first-order valence-corrected chi connectivity index (χ1v) is 5.59. The van der Waals surface area contributed by atoms with Crippen LogP contribution in [0.25, 0.3) is 0 Å². The zero-order chi connectivity index (χ0) is 14.9. The quantitative estimate of drug-likeness (QED) is 0.677. The Hall–Kier alpha value is -2.90. The molecule has 20 heavy (non-hydrogen) atoms. The molecule has 1 aromatic carbocycles. The van der Waals surface area contributed by atoms with Crippen molar-refractivity contribution in [3.8, 4) is 11.6 Å². The van der Waals surface area contributed by atoms with Crippen molar-refractivity contribution in [3.05, 3.63) is 45.8 Å². The Bertz CT molecular complexity index is 692. The number of carboxylic acid groups (broad SMARTS) is 1. The van der Waals surface area contributed by atoms with Crippen LogP contribution in [0.15, 0.2) is 24.3 Å². The number of rotatable bonds is 4. The number of carboxylic acids is 1. The van der Waals surface area contributed by atoms with Gasteiger partial charge in [-0.25, -0.2) is 4.79 Å². The monoisotopic (exact) mass is 277 g/mol. The molecule has 2 aromatic rings. The molecule has 0 saturated carbocycles. The zero-order valence-corrected chi connectivity index (χ0v) is 10.7. The van der Waals surface area contributed by atoms with Gasteiger partial charge in [0.25, 0.3) is 0 Å². The van der Waals surface area contributed by atoms with Crippen LogP contribution in [0, 0.1) is 17.0 Å². The maximum absolute atomic E-state index is 10.9. The van der Waals surface area contributed by atoms with Gasteiger partial charge in [0.1, 0.15) is 5.75 Å². The van der Waals surface area contributed by atoms with Gasteiger partial charge in [0, 0.05) is 14.0 Å². The van der Waals surface area contributed by atoms with Crippen molar-refractivity contribution < 1.29 is 19.6 Å². The molecule has 0 aliphatic heterocycles. The number of ether oxygens (including phenoxy) is 1. The summed E-state index contributed by atoms with van der Waals surface area (Å²) in [5.74, 6) is -0.955. The number of aromatic nitrogens is 2. The second kappa shape index (κ2) is 5.00. The highest BCUT2D eigenvalue weighted by Gasteiger charge is 2.26. The second-order valence-corrected chi connectivity index (χ2v) is 4.04. The lowest BCUT2D eigenvalue weighted by molar-refractivity contribution is -0.390. The Labute approximate surface area is 113 Å². The van der Waals surface area contributed by atoms with Crippen molar-refractivity contribution in [2.45, 2.75) is 6.92 Å². The first-order valence-electron chi connectivity index (χ1n) is 5.59. The lowest BCUT2D eigenvalue weighted by atomic mass is 10.2. The van der Waals surface area contributed by atoms with Crippen LogP contribution >= 0.6 is 0 Å². The van der Waals surface area contributed by atoms with E-state index in [-0.39, 0.29) is 17.2 Å². The third-order valence-corrected chi connectivity index (χ3v) is 2.72. The molecule has 0 unspecified atom stereocenters. The smallest absolute Gasteiger partial charge is 0.427 e. The number of nitro groups is 1. The molecule has 0 amide bonds. The van der Waals surface area contributed by atoms with Crippen molar-refractivity contribution in [1.82, 2.24) is 9.55 Å². The first-order chi connectivity index (χ1) is 9.40. The molecule has 0 bridgehead atoms. The van der Waals surface area contributed by atoms with Crippen LogP contribution in [0.4, 0.5) is 5.82 Å². The van der Waals surface area contributed by atoms with E-state index in [1.807, 2.05) is 0 Å². The van der Waals surface area contributed by atoms with E-state index >= 15 is 0 Å². The van der Waals surface area contributed by atoms with Gasteiger partial charge in [0.2, 0.25) is 5.82 Å². The summed E-state index contributed by atoms with van der Waals surface area (Å²) in [4.78, 5) is 24.9. The Kier molecular flexibility index (Phi) is 3.38. The van der Waals surface area contributed by atoms with Crippen LogP contribution in [0.3, 0.4) is 0 Å². The van der Waals surface area contributed by atoms with E-state index in [0.717, 1.165) is 0 Å². The average Bonchev–Trinajstić information content (AvgIpc) is 2.67. The van der Waals surface area contributed by atoms with Gasteiger partial charge in [-0.2, -0.15) is 0 Å². The van der Waals surface area contributed by atoms with Gasteiger partial charge < -0.3 is 20.0 Å². The van der Waals surface area contributed by atoms with Crippen molar-refractivity contribution in [1.29, 1.82) is 0 Å². The van der Waals surface area contributed by atoms with Crippen molar-refractivity contribution in [2.24, 2.45) is 7.05 Å². The largest absolute Gasteiger partial charge is 0.478 e. The Balaban J connectivity index is 2.42. The molecule has 0 fully saturated rings. The molecule has 104 valence electrons. The standard InChI is InChI=1S/C12H11N3O5/c1-7-13-10(15(18)19)11(14(7)2)20-9-5-3-4-8(6-9)12(16)17/h3-6H,1-2H3,(H,16,17). The number of benzene rings is 1. The van der Waals surface area contributed by atoms with Gasteiger partial charge in [0.05, 0.1) is 5.56 Å². The molecule has 2 rings (SSSR count). The van der Waals surface area contributed by atoms with E-state index in [4.69, 9.17) is 9.84 Å². The molecule has 8 heteroatoms. The number of carbonyl (C=O) groups is 1. The summed E-state index contributed by atoms with van der Waals surface area (Å²) >= 11 is 0. The first kappa shape index (κ1) is 13.5. The molecule has 0 aliphatic carbocycles. The van der Waals surface area contributed by atoms with Crippen LogP contribution in [-0.4, -0.2) is 25.6 Å². The fourth-order valence-electron chi connectivity index (χ4n) is 1.61. The molecule has 1 heterocycles. The van der Waals surface area contributed by atoms with Crippen molar-refractivity contribution in [3.63, 3.8) is 0 Å². The van der Waals surface area contributed by atoms with Crippen LogP contribution in [0.2, 0.25) is 0 Å². The van der Waals surface area contributed by atoms with Gasteiger partial charge >= 0.3 is 17.7 Å². The molecule has 0 atom stereocenters. The molecule has 8 nitrogen and oxygen atoms in total. The number of hydrogen-bond acceptors (Lipinski definition) is 5.